The van der Waals surface area contributed by atoms with E-state index in [0.717, 1.165) is 0 Å². The molecule has 0 amide bonds. The number of nitrogens with one attached hydrogen (secondary N) is 1. The summed E-state index contributed by atoms with van der Waals surface area (Å²) in [6, 6.07) is 6.67. The number of rotatable bonds is 3. The van der Waals surface area contributed by atoms with Gasteiger partial charge < -0.3 is 5.32 Å². The minimum Gasteiger partial charge on any atom is -0.387 e. The average Bonchev–Trinajstić information content (AvgIpc) is 2.03. The number of hydrogen-bond acceptors (Lipinski definition) is 1. The van der Waals surface area contributed by atoms with Crippen molar-refractivity contribution in [1.82, 2.24) is 5.32 Å². The zero-order valence-corrected chi connectivity index (χ0v) is 6.18. The van der Waals surface area contributed by atoms with Gasteiger partial charge in [0.05, 0.1) is 0 Å². The zero-order valence-electron chi connectivity index (χ0n) is 6.18. The van der Waals surface area contributed by atoms with Gasteiger partial charge in [0.1, 0.15) is 5.82 Å². The molecule has 0 aliphatic carbocycles. The van der Waals surface area contributed by atoms with Crippen molar-refractivity contribution in [3.8, 4) is 0 Å². The van der Waals surface area contributed by atoms with E-state index < -0.39 is 0 Å². The molecule has 1 rings (SSSR count). The fraction of sp³-hybridized carbons (Fsp3) is 0.111. The lowest BCUT2D eigenvalue weighted by atomic mass is 10.2. The lowest BCUT2D eigenvalue weighted by molar-refractivity contribution is 0.604. The van der Waals surface area contributed by atoms with Crippen LogP contribution in [0.3, 0.4) is 0 Å². The largest absolute Gasteiger partial charge is 0.387 e. The van der Waals surface area contributed by atoms with Gasteiger partial charge in [-0.1, -0.05) is 24.8 Å². The first-order chi connectivity index (χ1) is 5.34. The van der Waals surface area contributed by atoms with Crippen molar-refractivity contribution in [2.75, 3.05) is 0 Å². The molecule has 0 spiro atoms. The predicted molar refractivity (Wildman–Crippen MR) is 43.4 cm³/mol. The van der Waals surface area contributed by atoms with Gasteiger partial charge in [-0.3, -0.25) is 0 Å². The minimum absolute atomic E-state index is 0.179. The highest BCUT2D eigenvalue weighted by Crippen LogP contribution is 2.04. The van der Waals surface area contributed by atoms with Crippen molar-refractivity contribution in [2.45, 2.75) is 6.54 Å². The van der Waals surface area contributed by atoms with E-state index in [0.29, 0.717) is 12.1 Å². The molecule has 0 fully saturated rings. The Morgan fingerprint density at radius 3 is 2.82 bits per heavy atom. The van der Waals surface area contributed by atoms with Gasteiger partial charge in [0.15, 0.2) is 0 Å². The van der Waals surface area contributed by atoms with E-state index in [4.69, 9.17) is 0 Å². The van der Waals surface area contributed by atoms with Crippen LogP contribution in [0, 0.1) is 5.82 Å². The van der Waals surface area contributed by atoms with Gasteiger partial charge >= 0.3 is 0 Å². The Morgan fingerprint density at radius 2 is 2.18 bits per heavy atom. The molecule has 0 aromatic heterocycles. The van der Waals surface area contributed by atoms with Gasteiger partial charge in [-0.15, -0.1) is 0 Å². The fourth-order valence-electron chi connectivity index (χ4n) is 0.824. The molecule has 1 nitrogen and oxygen atoms in total. The lowest BCUT2D eigenvalue weighted by Gasteiger charge is -2.00. The average molecular weight is 151 g/mol. The van der Waals surface area contributed by atoms with Crippen molar-refractivity contribution >= 4 is 0 Å². The first kappa shape index (κ1) is 7.79. The highest BCUT2D eigenvalue weighted by molar-refractivity contribution is 5.17. The second-order valence-corrected chi connectivity index (χ2v) is 2.18. The molecule has 1 aromatic carbocycles. The fourth-order valence-corrected chi connectivity index (χ4v) is 0.824. The summed E-state index contributed by atoms with van der Waals surface area (Å²) in [4.78, 5) is 0. The van der Waals surface area contributed by atoms with Crippen LogP contribution in [0.2, 0.25) is 0 Å². The van der Waals surface area contributed by atoms with Crippen LogP contribution in [0.4, 0.5) is 4.39 Å². The summed E-state index contributed by atoms with van der Waals surface area (Å²) >= 11 is 0. The Balaban J connectivity index is 2.69. The molecule has 0 aliphatic heterocycles. The summed E-state index contributed by atoms with van der Waals surface area (Å²) in [5.41, 5.74) is 0.660. The van der Waals surface area contributed by atoms with Gasteiger partial charge in [0, 0.05) is 12.1 Å². The molecular formula is C9H10FN. The lowest BCUT2D eigenvalue weighted by Crippen LogP contribution is -2.05. The zero-order chi connectivity index (χ0) is 8.10. The Labute approximate surface area is 65.6 Å². The topological polar surface area (TPSA) is 12.0 Å². The van der Waals surface area contributed by atoms with Crippen molar-refractivity contribution in [1.29, 1.82) is 0 Å². The third-order valence-electron chi connectivity index (χ3n) is 1.39. The van der Waals surface area contributed by atoms with Crippen LogP contribution in [0.5, 0.6) is 0 Å². The van der Waals surface area contributed by atoms with Crippen LogP contribution < -0.4 is 5.32 Å². The van der Waals surface area contributed by atoms with E-state index in [1.54, 1.807) is 18.3 Å². The first-order valence-corrected chi connectivity index (χ1v) is 3.42. The van der Waals surface area contributed by atoms with Gasteiger partial charge in [-0.25, -0.2) is 4.39 Å². The third-order valence-corrected chi connectivity index (χ3v) is 1.39. The normalized spacial score (nSPS) is 9.18. The van der Waals surface area contributed by atoms with Crippen LogP contribution in [0.1, 0.15) is 5.56 Å². The van der Waals surface area contributed by atoms with Gasteiger partial charge in [-0.2, -0.15) is 0 Å². The molecule has 58 valence electrons. The summed E-state index contributed by atoms with van der Waals surface area (Å²) in [6.07, 6.45) is 1.55. The van der Waals surface area contributed by atoms with Crippen molar-refractivity contribution in [3.05, 3.63) is 48.4 Å². The van der Waals surface area contributed by atoms with E-state index in [1.165, 1.54) is 6.07 Å². The highest BCUT2D eigenvalue weighted by Gasteiger charge is 1.96. The molecule has 0 unspecified atom stereocenters. The highest BCUT2D eigenvalue weighted by atomic mass is 19.1. The smallest absolute Gasteiger partial charge is 0.128 e. The standard InChI is InChI=1S/C9H10FN/c1-2-11-7-8-5-3-4-6-9(8)10/h2-6,11H,1,7H2. The molecule has 1 N–H and O–H groups in total. The van der Waals surface area contributed by atoms with Crippen LogP contribution >= 0.6 is 0 Å². The van der Waals surface area contributed by atoms with E-state index in [1.807, 2.05) is 6.07 Å². The molecule has 0 heterocycles. The summed E-state index contributed by atoms with van der Waals surface area (Å²) in [5.74, 6) is -0.179. The second kappa shape index (κ2) is 3.76. The number of hydrogen-bond donors (Lipinski definition) is 1. The Bertz CT molecular complexity index is 245. The minimum atomic E-state index is -0.179. The molecule has 2 heteroatoms. The molecule has 0 saturated carbocycles. The van der Waals surface area contributed by atoms with Gasteiger partial charge in [-0.05, 0) is 12.3 Å². The molecular weight excluding hydrogens is 141 g/mol. The summed E-state index contributed by atoms with van der Waals surface area (Å²) in [7, 11) is 0. The molecule has 0 saturated heterocycles. The summed E-state index contributed by atoms with van der Waals surface area (Å²) < 4.78 is 12.8. The van der Waals surface area contributed by atoms with Crippen LogP contribution in [-0.2, 0) is 6.54 Å². The Morgan fingerprint density at radius 1 is 1.45 bits per heavy atom. The van der Waals surface area contributed by atoms with Crippen LogP contribution in [-0.4, -0.2) is 0 Å². The van der Waals surface area contributed by atoms with Crippen molar-refractivity contribution in [3.63, 3.8) is 0 Å². The monoisotopic (exact) mass is 151 g/mol. The van der Waals surface area contributed by atoms with Crippen molar-refractivity contribution < 1.29 is 4.39 Å². The third kappa shape index (κ3) is 2.08. The molecule has 1 aromatic rings. The van der Waals surface area contributed by atoms with Crippen LogP contribution in [0.25, 0.3) is 0 Å². The number of halogens is 1. The van der Waals surface area contributed by atoms with E-state index >= 15 is 0 Å². The van der Waals surface area contributed by atoms with Crippen LogP contribution in [0.15, 0.2) is 37.0 Å². The van der Waals surface area contributed by atoms with Gasteiger partial charge in [0.25, 0.3) is 0 Å². The van der Waals surface area contributed by atoms with E-state index in [-0.39, 0.29) is 5.82 Å². The molecule has 0 aliphatic rings. The van der Waals surface area contributed by atoms with E-state index in [9.17, 15) is 4.39 Å². The first-order valence-electron chi connectivity index (χ1n) is 3.42. The summed E-state index contributed by atoms with van der Waals surface area (Å²) in [5, 5.41) is 2.83. The molecule has 0 atom stereocenters. The maximum Gasteiger partial charge on any atom is 0.128 e. The molecule has 11 heavy (non-hydrogen) atoms. The Hall–Kier alpha value is -1.31. The summed E-state index contributed by atoms with van der Waals surface area (Å²) in [6.45, 7) is 3.97. The maximum atomic E-state index is 12.8. The SMILES string of the molecule is C=CNCc1ccccc1F. The number of benzene rings is 1. The Kier molecular flexibility index (Phi) is 2.66. The van der Waals surface area contributed by atoms with Gasteiger partial charge in [0.2, 0.25) is 0 Å². The van der Waals surface area contributed by atoms with Crippen molar-refractivity contribution in [2.24, 2.45) is 0 Å². The molecule has 0 bridgehead atoms. The predicted octanol–water partition coefficient (Wildman–Crippen LogP) is 2.06. The second-order valence-electron chi connectivity index (χ2n) is 2.18. The maximum absolute atomic E-state index is 12.8. The van der Waals surface area contributed by atoms with E-state index in [2.05, 4.69) is 11.9 Å². The molecule has 0 radical (unpaired) electrons. The quantitative estimate of drug-likeness (QED) is 0.697.